The standard InChI is InChI=1S/C21H22N6O8S/c22-19-18-20(24-10-23-19)27(11-25-18)17-7-4-14(35-17)9-34-36(32,33)26-16(29)6-5-15(28)12-2-1-3-13(8-12)21(30)31/h1-3,8,10-11,14,17H,4-7,9H2,(H,26,29)(H,30,31)(H2,22,23,24)/t14-,17+/m0/s1. The quantitative estimate of drug-likeness (QED) is 0.319. The van der Waals surface area contributed by atoms with E-state index in [0.717, 1.165) is 0 Å². The molecule has 0 saturated carbocycles. The first-order valence-electron chi connectivity index (χ1n) is 10.8. The summed E-state index contributed by atoms with van der Waals surface area (Å²) >= 11 is 0. The second-order valence-corrected chi connectivity index (χ2v) is 9.29. The van der Waals surface area contributed by atoms with Gasteiger partial charge in [-0.15, -0.1) is 0 Å². The maximum absolute atomic E-state index is 12.2. The van der Waals surface area contributed by atoms with Crippen LogP contribution in [-0.2, 0) is 24.0 Å². The van der Waals surface area contributed by atoms with Gasteiger partial charge in [0, 0.05) is 18.4 Å². The van der Waals surface area contributed by atoms with Crippen molar-refractivity contribution >= 4 is 44.9 Å². The van der Waals surface area contributed by atoms with Crippen LogP contribution >= 0.6 is 0 Å². The maximum Gasteiger partial charge on any atom is 0.362 e. The zero-order chi connectivity index (χ0) is 25.9. The normalized spacial score (nSPS) is 17.8. The Kier molecular flexibility index (Phi) is 7.23. The van der Waals surface area contributed by atoms with E-state index < -0.39 is 46.7 Å². The van der Waals surface area contributed by atoms with Crippen LogP contribution in [0.25, 0.3) is 11.2 Å². The van der Waals surface area contributed by atoms with Crippen molar-refractivity contribution in [2.45, 2.75) is 38.0 Å². The lowest BCUT2D eigenvalue weighted by molar-refractivity contribution is -0.119. The summed E-state index contributed by atoms with van der Waals surface area (Å²) in [5.74, 6) is -2.41. The Morgan fingerprint density at radius 1 is 1.17 bits per heavy atom. The molecule has 2 aromatic heterocycles. The molecule has 0 radical (unpaired) electrons. The molecule has 1 saturated heterocycles. The Morgan fingerprint density at radius 2 is 1.94 bits per heavy atom. The summed E-state index contributed by atoms with van der Waals surface area (Å²) in [4.78, 5) is 47.5. The minimum Gasteiger partial charge on any atom is -0.478 e. The van der Waals surface area contributed by atoms with Gasteiger partial charge in [-0.1, -0.05) is 12.1 Å². The Labute approximate surface area is 204 Å². The average molecular weight is 519 g/mol. The molecule has 0 bridgehead atoms. The number of hydrogen-bond donors (Lipinski definition) is 3. The molecule has 14 nitrogen and oxygen atoms in total. The summed E-state index contributed by atoms with van der Waals surface area (Å²) < 4.78 is 38.4. The lowest BCUT2D eigenvalue weighted by Crippen LogP contribution is -2.34. The third-order valence-corrected chi connectivity index (χ3v) is 6.37. The Hall–Kier alpha value is -3.95. The first kappa shape index (κ1) is 25.2. The Bertz CT molecular complexity index is 1420. The largest absolute Gasteiger partial charge is 0.478 e. The summed E-state index contributed by atoms with van der Waals surface area (Å²) in [5.41, 5.74) is 6.73. The molecule has 4 N–H and O–H groups in total. The minimum absolute atomic E-state index is 0.0729. The SMILES string of the molecule is Nc1ncnc2c1ncn2[C@H]1CC[C@@H](COS(=O)(=O)NC(=O)CCC(=O)c2cccc(C(=O)O)c2)O1. The molecular formula is C21H22N6O8S. The van der Waals surface area contributed by atoms with Crippen molar-refractivity contribution in [1.29, 1.82) is 0 Å². The molecule has 1 fully saturated rings. The number of imidazole rings is 1. The number of amides is 1. The maximum atomic E-state index is 12.2. The molecule has 3 heterocycles. The number of Topliss-reactive ketones (excluding diaryl/α,β-unsaturated/α-hetero) is 1. The molecule has 2 atom stereocenters. The fraction of sp³-hybridized carbons (Fsp3) is 0.333. The van der Waals surface area contributed by atoms with E-state index >= 15 is 0 Å². The van der Waals surface area contributed by atoms with Crippen molar-refractivity contribution in [2.24, 2.45) is 0 Å². The molecule has 15 heteroatoms. The molecule has 0 aliphatic carbocycles. The number of aromatic carboxylic acids is 1. The first-order valence-corrected chi connectivity index (χ1v) is 12.2. The van der Waals surface area contributed by atoms with E-state index in [9.17, 15) is 22.8 Å². The summed E-state index contributed by atoms with van der Waals surface area (Å²) in [6, 6.07) is 5.33. The number of carboxylic acid groups (broad SMARTS) is 1. The van der Waals surface area contributed by atoms with Gasteiger partial charge in [0.2, 0.25) is 5.91 Å². The number of nitrogens with two attached hydrogens (primary N) is 1. The predicted octanol–water partition coefficient (Wildman–Crippen LogP) is 0.825. The number of hydrogen-bond acceptors (Lipinski definition) is 11. The molecule has 3 aromatic rings. The lowest BCUT2D eigenvalue weighted by Gasteiger charge is -2.15. The van der Waals surface area contributed by atoms with E-state index in [2.05, 4.69) is 15.0 Å². The fourth-order valence-electron chi connectivity index (χ4n) is 3.68. The minimum atomic E-state index is -4.44. The molecule has 36 heavy (non-hydrogen) atoms. The van der Waals surface area contributed by atoms with Crippen molar-refractivity contribution in [3.63, 3.8) is 0 Å². The molecule has 1 aliphatic heterocycles. The van der Waals surface area contributed by atoms with Gasteiger partial charge in [-0.25, -0.2) is 24.5 Å². The van der Waals surface area contributed by atoms with Gasteiger partial charge in [-0.3, -0.25) is 18.3 Å². The molecule has 0 unspecified atom stereocenters. The smallest absolute Gasteiger partial charge is 0.362 e. The zero-order valence-corrected chi connectivity index (χ0v) is 19.6. The highest BCUT2D eigenvalue weighted by Gasteiger charge is 2.30. The first-order chi connectivity index (χ1) is 17.1. The van der Waals surface area contributed by atoms with Crippen molar-refractivity contribution in [1.82, 2.24) is 24.2 Å². The van der Waals surface area contributed by atoms with E-state index in [1.54, 1.807) is 9.29 Å². The van der Waals surface area contributed by atoms with Crippen LogP contribution < -0.4 is 10.5 Å². The van der Waals surface area contributed by atoms with Crippen LogP contribution in [0.15, 0.2) is 36.9 Å². The van der Waals surface area contributed by atoms with Gasteiger partial charge in [0.25, 0.3) is 0 Å². The van der Waals surface area contributed by atoms with E-state index in [4.69, 9.17) is 19.8 Å². The zero-order valence-electron chi connectivity index (χ0n) is 18.7. The van der Waals surface area contributed by atoms with Crippen LogP contribution in [0.5, 0.6) is 0 Å². The topological polar surface area (TPSA) is 206 Å². The highest BCUT2D eigenvalue weighted by molar-refractivity contribution is 7.85. The highest BCUT2D eigenvalue weighted by atomic mass is 32.2. The van der Waals surface area contributed by atoms with Crippen LogP contribution in [0.3, 0.4) is 0 Å². The summed E-state index contributed by atoms with van der Waals surface area (Å²) in [7, 11) is -4.44. The van der Waals surface area contributed by atoms with E-state index in [0.29, 0.717) is 24.0 Å². The Balaban J connectivity index is 1.25. The average Bonchev–Trinajstić information content (AvgIpc) is 3.49. The second-order valence-electron chi connectivity index (χ2n) is 7.95. The van der Waals surface area contributed by atoms with Crippen molar-refractivity contribution in [3.05, 3.63) is 48.0 Å². The number of carbonyl (C=O) groups excluding carboxylic acids is 2. The second kappa shape index (κ2) is 10.3. The number of carbonyl (C=O) groups is 3. The number of fused-ring (bicyclic) bond motifs is 1. The summed E-state index contributed by atoms with van der Waals surface area (Å²) in [5, 5.41) is 9.00. The number of nitrogens with one attached hydrogen (secondary N) is 1. The van der Waals surface area contributed by atoms with Crippen LogP contribution in [0, 0.1) is 0 Å². The van der Waals surface area contributed by atoms with Crippen molar-refractivity contribution in [3.8, 4) is 0 Å². The summed E-state index contributed by atoms with van der Waals surface area (Å²) in [6.07, 6.45) is 2.08. The number of carboxylic acids is 1. The molecular weight excluding hydrogens is 496 g/mol. The van der Waals surface area contributed by atoms with Crippen molar-refractivity contribution < 1.29 is 36.8 Å². The summed E-state index contributed by atoms with van der Waals surface area (Å²) in [6.45, 7) is -0.330. The van der Waals surface area contributed by atoms with Gasteiger partial charge < -0.3 is 15.6 Å². The van der Waals surface area contributed by atoms with Crippen LogP contribution in [0.4, 0.5) is 5.82 Å². The predicted molar refractivity (Wildman–Crippen MR) is 123 cm³/mol. The molecule has 1 amide bonds. The molecule has 1 aliphatic rings. The van der Waals surface area contributed by atoms with Gasteiger partial charge in [-0.2, -0.15) is 8.42 Å². The van der Waals surface area contributed by atoms with E-state index in [1.807, 2.05) is 0 Å². The van der Waals surface area contributed by atoms with Gasteiger partial charge in [-0.05, 0) is 25.0 Å². The third-order valence-electron chi connectivity index (χ3n) is 5.44. The molecule has 4 rings (SSSR count). The lowest BCUT2D eigenvalue weighted by atomic mass is 10.0. The molecule has 1 aromatic carbocycles. The highest BCUT2D eigenvalue weighted by Crippen LogP contribution is 2.31. The molecule has 190 valence electrons. The van der Waals surface area contributed by atoms with E-state index in [-0.39, 0.29) is 30.0 Å². The van der Waals surface area contributed by atoms with Gasteiger partial charge in [0.15, 0.2) is 17.2 Å². The monoisotopic (exact) mass is 518 g/mol. The molecule has 0 spiro atoms. The van der Waals surface area contributed by atoms with Crippen molar-refractivity contribution in [2.75, 3.05) is 12.3 Å². The van der Waals surface area contributed by atoms with Gasteiger partial charge in [0.05, 0.1) is 24.6 Å². The number of rotatable bonds is 10. The van der Waals surface area contributed by atoms with Gasteiger partial charge >= 0.3 is 16.3 Å². The number of anilines is 1. The fourth-order valence-corrected chi connectivity index (χ4v) is 4.45. The number of nitrogen functional groups attached to an aromatic ring is 1. The number of benzene rings is 1. The Morgan fingerprint density at radius 3 is 2.72 bits per heavy atom. The van der Waals surface area contributed by atoms with E-state index in [1.165, 1.54) is 36.9 Å². The van der Waals surface area contributed by atoms with Gasteiger partial charge in [0.1, 0.15) is 18.1 Å². The van der Waals surface area contributed by atoms with Crippen LogP contribution in [0.1, 0.15) is 52.6 Å². The number of ether oxygens (including phenoxy) is 1. The number of nitrogens with zero attached hydrogens (tertiary/aromatic N) is 4. The number of ketones is 1. The number of aromatic nitrogens is 4. The third kappa shape index (κ3) is 5.81. The van der Waals surface area contributed by atoms with Crippen LogP contribution in [0.2, 0.25) is 0 Å². The van der Waals surface area contributed by atoms with Crippen LogP contribution in [-0.4, -0.2) is 63.4 Å².